The summed E-state index contributed by atoms with van der Waals surface area (Å²) in [6.45, 7) is 3.91. The fraction of sp³-hybridized carbons (Fsp3) is 0.660. The van der Waals surface area contributed by atoms with Gasteiger partial charge in [-0.15, -0.1) is 0 Å². The number of unbranched alkanes of at least 4 members (excludes halogenated alkanes) is 4. The minimum absolute atomic E-state index is 0.0904. The number of rotatable bonds is 17. The average molecular weight is 887 g/mol. The van der Waals surface area contributed by atoms with E-state index >= 15 is 0 Å². The van der Waals surface area contributed by atoms with Crippen molar-refractivity contribution in [2.75, 3.05) is 14.2 Å². The quantitative estimate of drug-likeness (QED) is 0.0976. The molecule has 62 heavy (non-hydrogen) atoms. The number of benzene rings is 2. The SMILES string of the molecule is COc1ccc2c(c1)C[C@@H](C/C=C/CCCCCC[C@H](CCC(F)(F)C(F)(F)C(F)(F)C(F)(F)F)C(=O)N1C(=O)N(C)[C@@H](C)[C@H]1c1ccccc1)C1C2CC[C@@]2(C)C1CC[C@@H]2O. The van der Waals surface area contributed by atoms with E-state index in [-0.39, 0.29) is 24.4 Å². The first-order valence-electron chi connectivity index (χ1n) is 21.9. The van der Waals surface area contributed by atoms with Crippen LogP contribution in [0.1, 0.15) is 126 Å². The van der Waals surface area contributed by atoms with Crippen molar-refractivity contribution in [2.24, 2.45) is 29.1 Å². The summed E-state index contributed by atoms with van der Waals surface area (Å²) in [5.41, 5.74) is 3.14. The molecule has 15 heteroatoms. The van der Waals surface area contributed by atoms with Crippen LogP contribution in [0.15, 0.2) is 60.7 Å². The van der Waals surface area contributed by atoms with Crippen molar-refractivity contribution in [2.45, 2.75) is 152 Å². The molecule has 4 aliphatic rings. The number of alkyl halides is 9. The lowest BCUT2D eigenvalue weighted by atomic mass is 9.52. The zero-order chi connectivity index (χ0) is 45.4. The number of likely N-dealkylation sites (N-methyl/N-ethyl adjacent to an activating group) is 1. The zero-order valence-corrected chi connectivity index (χ0v) is 35.8. The predicted molar refractivity (Wildman–Crippen MR) is 216 cm³/mol. The molecular formula is C47H59F9N2O4. The summed E-state index contributed by atoms with van der Waals surface area (Å²) >= 11 is 0. The van der Waals surface area contributed by atoms with E-state index in [0.717, 1.165) is 62.0 Å². The Morgan fingerprint density at radius 2 is 1.61 bits per heavy atom. The van der Waals surface area contributed by atoms with Crippen molar-refractivity contribution >= 4 is 11.9 Å². The van der Waals surface area contributed by atoms with Crippen molar-refractivity contribution in [1.82, 2.24) is 9.80 Å². The van der Waals surface area contributed by atoms with Crippen LogP contribution in [0.25, 0.3) is 0 Å². The number of fused-ring (bicyclic) bond motifs is 5. The number of nitrogens with zero attached hydrogens (tertiary/aromatic N) is 2. The fourth-order valence-electron chi connectivity index (χ4n) is 11.2. The number of carbonyl (C=O) groups is 2. The number of carbonyl (C=O) groups excluding carboxylic acids is 2. The number of ether oxygens (including phenoxy) is 1. The summed E-state index contributed by atoms with van der Waals surface area (Å²) < 4.78 is 130. The molecule has 6 nitrogen and oxygen atoms in total. The number of imide groups is 1. The van der Waals surface area contributed by atoms with Gasteiger partial charge in [-0.2, -0.15) is 39.5 Å². The monoisotopic (exact) mass is 886 g/mol. The summed E-state index contributed by atoms with van der Waals surface area (Å²) in [5, 5.41) is 11.0. The highest BCUT2D eigenvalue weighted by Gasteiger charge is 2.81. The van der Waals surface area contributed by atoms with Gasteiger partial charge in [0.05, 0.1) is 25.3 Å². The number of halogens is 9. The maximum atomic E-state index is 14.8. The van der Waals surface area contributed by atoms with Crippen LogP contribution in [0.5, 0.6) is 5.75 Å². The van der Waals surface area contributed by atoms with Crippen LogP contribution in [-0.4, -0.2) is 77.1 Å². The molecule has 3 aliphatic carbocycles. The van der Waals surface area contributed by atoms with E-state index in [4.69, 9.17) is 4.74 Å². The molecule has 2 aromatic rings. The molecular weight excluding hydrogens is 828 g/mol. The Labute approximate surface area is 358 Å². The lowest BCUT2D eigenvalue weighted by Gasteiger charge is -2.53. The van der Waals surface area contributed by atoms with E-state index < -0.39 is 66.7 Å². The van der Waals surface area contributed by atoms with Gasteiger partial charge in [-0.05, 0) is 129 Å². The lowest BCUT2D eigenvalue weighted by Crippen LogP contribution is -2.60. The lowest BCUT2D eigenvalue weighted by molar-refractivity contribution is -0.396. The first-order chi connectivity index (χ1) is 29.1. The number of hydrogen-bond acceptors (Lipinski definition) is 4. The Balaban J connectivity index is 1.09. The van der Waals surface area contributed by atoms with Crippen molar-refractivity contribution in [1.29, 1.82) is 0 Å². The number of urea groups is 1. The number of amides is 3. The maximum absolute atomic E-state index is 14.8. The second kappa shape index (κ2) is 18.4. The van der Waals surface area contributed by atoms with Crippen molar-refractivity contribution in [3.05, 3.63) is 77.4 Å². The third kappa shape index (κ3) is 8.86. The molecule has 2 saturated carbocycles. The van der Waals surface area contributed by atoms with Gasteiger partial charge in [0.25, 0.3) is 0 Å². The van der Waals surface area contributed by atoms with Gasteiger partial charge >= 0.3 is 30.0 Å². The molecule has 3 fully saturated rings. The fourth-order valence-corrected chi connectivity index (χ4v) is 11.2. The largest absolute Gasteiger partial charge is 0.497 e. The summed E-state index contributed by atoms with van der Waals surface area (Å²) in [6, 6.07) is 12.5. The van der Waals surface area contributed by atoms with Crippen LogP contribution in [0.3, 0.4) is 0 Å². The first kappa shape index (κ1) is 47.7. The van der Waals surface area contributed by atoms with Gasteiger partial charge in [-0.3, -0.25) is 9.69 Å². The number of allylic oxidation sites excluding steroid dienone is 2. The maximum Gasteiger partial charge on any atom is 0.460 e. The van der Waals surface area contributed by atoms with Gasteiger partial charge in [0, 0.05) is 19.4 Å². The molecule has 1 saturated heterocycles. The van der Waals surface area contributed by atoms with Crippen molar-refractivity contribution < 1.29 is 58.9 Å². The molecule has 1 heterocycles. The van der Waals surface area contributed by atoms with Gasteiger partial charge < -0.3 is 14.7 Å². The number of methoxy groups -OCH3 is 1. The van der Waals surface area contributed by atoms with E-state index in [9.17, 15) is 54.2 Å². The molecule has 0 spiro atoms. The highest BCUT2D eigenvalue weighted by atomic mass is 19.4. The summed E-state index contributed by atoms with van der Waals surface area (Å²) in [7, 11) is 3.10. The predicted octanol–water partition coefficient (Wildman–Crippen LogP) is 12.3. The Morgan fingerprint density at radius 3 is 2.29 bits per heavy atom. The highest BCUT2D eigenvalue weighted by molar-refractivity contribution is 5.98. The van der Waals surface area contributed by atoms with E-state index in [1.54, 1.807) is 44.4 Å². The van der Waals surface area contributed by atoms with Gasteiger partial charge in [0.1, 0.15) is 5.75 Å². The normalized spacial score (nSPS) is 28.5. The van der Waals surface area contributed by atoms with Crippen LogP contribution < -0.4 is 4.74 Å². The van der Waals surface area contributed by atoms with Gasteiger partial charge in [-0.1, -0.05) is 74.7 Å². The van der Waals surface area contributed by atoms with Gasteiger partial charge in [0.15, 0.2) is 0 Å². The van der Waals surface area contributed by atoms with Crippen LogP contribution in [0, 0.1) is 29.1 Å². The van der Waals surface area contributed by atoms with Crippen molar-refractivity contribution in [3.63, 3.8) is 0 Å². The molecule has 0 bridgehead atoms. The molecule has 0 aromatic heterocycles. The van der Waals surface area contributed by atoms with Crippen molar-refractivity contribution in [3.8, 4) is 5.75 Å². The van der Waals surface area contributed by atoms with Gasteiger partial charge in [0.2, 0.25) is 5.91 Å². The third-order valence-electron chi connectivity index (χ3n) is 14.9. The number of aliphatic hydroxyl groups is 1. The summed E-state index contributed by atoms with van der Waals surface area (Å²) in [5.74, 6) is -19.7. The van der Waals surface area contributed by atoms with E-state index in [1.165, 1.54) is 23.1 Å². The zero-order valence-electron chi connectivity index (χ0n) is 35.8. The minimum atomic E-state index is -7.03. The molecule has 0 radical (unpaired) electrons. The molecule has 3 amide bonds. The van der Waals surface area contributed by atoms with Crippen LogP contribution in [0.4, 0.5) is 44.3 Å². The van der Waals surface area contributed by atoms with E-state index in [1.807, 2.05) is 6.07 Å². The molecule has 6 rings (SSSR count). The van der Waals surface area contributed by atoms with Crippen LogP contribution in [0.2, 0.25) is 0 Å². The molecule has 344 valence electrons. The molecule has 3 unspecified atom stereocenters. The standard InChI is InChI=1S/C47H59F9N2O4/c1-29-40(30-15-13-10-14-16-30)58(42(61)57(29)3)41(60)31(23-26-44(48,49)45(50,51)46(52,53)47(54,55)56)17-11-8-6-5-7-9-12-18-32-27-33-28-34(62-4)19-20-35(33)36-24-25-43(2)37(39(32)36)21-22-38(43)59/h9-10,12-16,19-20,28-29,31-32,36-40,59H,5-8,11,17-18,21-27H2,1-4H3/b12-9+/t29-,31+,32+,36?,37?,38-,39?,40-,43-/m0/s1. The van der Waals surface area contributed by atoms with Crippen LogP contribution >= 0.6 is 0 Å². The smallest absolute Gasteiger partial charge is 0.460 e. The van der Waals surface area contributed by atoms with E-state index in [2.05, 4.69) is 31.2 Å². The highest BCUT2D eigenvalue weighted by Crippen LogP contribution is 2.63. The topological polar surface area (TPSA) is 70.1 Å². The Kier molecular flexibility index (Phi) is 14.2. The Hall–Kier alpha value is -3.75. The minimum Gasteiger partial charge on any atom is -0.497 e. The first-order valence-corrected chi connectivity index (χ1v) is 21.9. The molecule has 1 N–H and O–H groups in total. The molecule has 9 atom stereocenters. The molecule has 2 aromatic carbocycles. The van der Waals surface area contributed by atoms with E-state index in [0.29, 0.717) is 42.1 Å². The third-order valence-corrected chi connectivity index (χ3v) is 14.9. The summed E-state index contributed by atoms with van der Waals surface area (Å²) in [6.07, 6.45) is 2.09. The Bertz CT molecular complexity index is 1910. The second-order valence-corrected chi connectivity index (χ2v) is 18.4. The Morgan fingerprint density at radius 1 is 0.919 bits per heavy atom. The average Bonchev–Trinajstić information content (AvgIpc) is 3.66. The van der Waals surface area contributed by atoms with Crippen LogP contribution in [-0.2, 0) is 11.2 Å². The summed E-state index contributed by atoms with van der Waals surface area (Å²) in [4.78, 5) is 29.6. The number of hydrogen-bond donors (Lipinski definition) is 1. The number of aliphatic hydroxyl groups excluding tert-OH is 1. The molecule has 1 aliphatic heterocycles. The second-order valence-electron chi connectivity index (χ2n) is 18.4. The van der Waals surface area contributed by atoms with Gasteiger partial charge in [-0.25, -0.2) is 4.79 Å².